The number of nitrogens with one attached hydrogen (secondary N) is 1. The Morgan fingerprint density at radius 2 is 1.67 bits per heavy atom. The molecule has 0 unspecified atom stereocenters. The smallest absolute Gasteiger partial charge is 0.212 e. The van der Waals surface area contributed by atoms with Crippen LogP contribution in [0.15, 0.2) is 54.6 Å². The first-order valence-corrected chi connectivity index (χ1v) is 9.67. The van der Waals surface area contributed by atoms with Gasteiger partial charge in [-0.15, -0.1) is 0 Å². The number of rotatable bonds is 6. The van der Waals surface area contributed by atoms with Crippen LogP contribution < -0.4 is 4.72 Å². The monoisotopic (exact) mass is 342 g/mol. The van der Waals surface area contributed by atoms with Gasteiger partial charge in [0.15, 0.2) is 0 Å². The average molecular weight is 342 g/mol. The van der Waals surface area contributed by atoms with Crippen LogP contribution in [-0.4, -0.2) is 18.7 Å². The van der Waals surface area contributed by atoms with Crippen LogP contribution in [0.2, 0.25) is 0 Å². The fourth-order valence-corrected chi connectivity index (χ4v) is 3.99. The molecule has 0 saturated carbocycles. The van der Waals surface area contributed by atoms with Gasteiger partial charge in [0, 0.05) is 30.2 Å². The zero-order valence-corrected chi connectivity index (χ0v) is 14.8. The van der Waals surface area contributed by atoms with Gasteiger partial charge in [0.2, 0.25) is 10.0 Å². The first-order chi connectivity index (χ1) is 11.5. The summed E-state index contributed by atoms with van der Waals surface area (Å²) in [4.78, 5) is 0. The van der Waals surface area contributed by atoms with Crippen LogP contribution in [0.1, 0.15) is 16.8 Å². The van der Waals surface area contributed by atoms with E-state index in [4.69, 9.17) is 0 Å². The van der Waals surface area contributed by atoms with E-state index < -0.39 is 10.0 Å². The largest absolute Gasteiger partial charge is 0.348 e. The second-order valence-corrected chi connectivity index (χ2v) is 7.94. The van der Waals surface area contributed by atoms with Crippen LogP contribution in [0.25, 0.3) is 10.9 Å². The molecule has 1 N–H and O–H groups in total. The van der Waals surface area contributed by atoms with E-state index in [1.165, 1.54) is 0 Å². The first kappa shape index (κ1) is 16.7. The Labute approximate surface area is 143 Å². The Hall–Kier alpha value is -2.11. The zero-order chi connectivity index (χ0) is 17.2. The molecule has 0 aliphatic heterocycles. The maximum absolute atomic E-state index is 12.3. The number of sulfonamides is 1. The third-order valence-electron chi connectivity index (χ3n) is 4.50. The minimum absolute atomic E-state index is 0.0980. The van der Waals surface area contributed by atoms with Crippen molar-refractivity contribution in [3.63, 3.8) is 0 Å². The highest BCUT2D eigenvalue weighted by molar-refractivity contribution is 7.89. The highest BCUT2D eigenvalue weighted by Crippen LogP contribution is 2.24. The zero-order valence-electron chi connectivity index (χ0n) is 14.0. The maximum atomic E-state index is 12.3. The van der Waals surface area contributed by atoms with Gasteiger partial charge in [-0.05, 0) is 30.5 Å². The quantitative estimate of drug-likeness (QED) is 0.748. The third kappa shape index (κ3) is 3.52. The van der Waals surface area contributed by atoms with Crippen LogP contribution in [0.3, 0.4) is 0 Å². The van der Waals surface area contributed by atoms with E-state index in [2.05, 4.69) is 15.4 Å². The Morgan fingerprint density at radius 1 is 1.00 bits per heavy atom. The summed E-state index contributed by atoms with van der Waals surface area (Å²) in [5.74, 6) is 0.0980. The fourth-order valence-electron chi connectivity index (χ4n) is 2.97. The molecule has 2 aromatic carbocycles. The van der Waals surface area contributed by atoms with Crippen molar-refractivity contribution in [2.24, 2.45) is 7.05 Å². The molecule has 0 radical (unpaired) electrons. The molecule has 126 valence electrons. The summed E-state index contributed by atoms with van der Waals surface area (Å²) in [6.07, 6.45) is 0.519. The Morgan fingerprint density at radius 3 is 2.42 bits per heavy atom. The molecule has 0 bridgehead atoms. The number of hydrogen-bond donors (Lipinski definition) is 1. The highest BCUT2D eigenvalue weighted by Gasteiger charge is 2.15. The van der Waals surface area contributed by atoms with E-state index in [-0.39, 0.29) is 5.75 Å². The first-order valence-electron chi connectivity index (χ1n) is 8.02. The second kappa shape index (κ2) is 6.79. The standard InChI is InChI=1S/C19H22N2O2S/c1-15-18(17-10-6-7-11-19(17)21(15)2)14-20-24(22,23)13-12-16-8-4-3-5-9-16/h3-11,20H,12-14H2,1-2H3. The SMILES string of the molecule is Cc1c(CNS(=O)(=O)CCc2ccccc2)c2ccccc2n1C. The van der Waals surface area contributed by atoms with Crippen LogP contribution in [0, 0.1) is 6.92 Å². The minimum atomic E-state index is -3.31. The molecule has 0 aliphatic carbocycles. The molecule has 0 spiro atoms. The molecule has 0 aliphatic rings. The van der Waals surface area contributed by atoms with Crippen LogP contribution in [0.5, 0.6) is 0 Å². The lowest BCUT2D eigenvalue weighted by Crippen LogP contribution is -2.27. The van der Waals surface area contributed by atoms with E-state index in [9.17, 15) is 8.42 Å². The van der Waals surface area contributed by atoms with Crippen molar-refractivity contribution in [1.29, 1.82) is 0 Å². The van der Waals surface area contributed by atoms with Crippen LogP contribution in [-0.2, 0) is 30.0 Å². The molecule has 3 rings (SSSR count). The van der Waals surface area contributed by atoms with Gasteiger partial charge in [-0.2, -0.15) is 0 Å². The molecule has 24 heavy (non-hydrogen) atoms. The summed E-state index contributed by atoms with van der Waals surface area (Å²) < 4.78 is 29.5. The van der Waals surface area contributed by atoms with Gasteiger partial charge in [0.1, 0.15) is 0 Å². The molecular formula is C19H22N2O2S. The summed E-state index contributed by atoms with van der Waals surface area (Å²) in [5.41, 5.74) is 4.27. The Bertz CT molecular complexity index is 944. The molecule has 0 amide bonds. The van der Waals surface area contributed by atoms with Crippen LogP contribution in [0.4, 0.5) is 0 Å². The lowest BCUT2D eigenvalue weighted by atomic mass is 10.1. The number of fused-ring (bicyclic) bond motifs is 1. The normalized spacial score (nSPS) is 11.9. The number of hydrogen-bond acceptors (Lipinski definition) is 2. The summed E-state index contributed by atoms with van der Waals surface area (Å²) >= 11 is 0. The van der Waals surface area contributed by atoms with E-state index in [0.717, 1.165) is 27.7 Å². The van der Waals surface area contributed by atoms with Gasteiger partial charge < -0.3 is 4.57 Å². The van der Waals surface area contributed by atoms with Gasteiger partial charge in [0.25, 0.3) is 0 Å². The summed E-state index contributed by atoms with van der Waals surface area (Å²) in [5, 5.41) is 1.10. The van der Waals surface area contributed by atoms with Crippen molar-refractivity contribution in [3.05, 3.63) is 71.4 Å². The number of benzene rings is 2. The van der Waals surface area contributed by atoms with Crippen molar-refractivity contribution >= 4 is 20.9 Å². The average Bonchev–Trinajstić information content (AvgIpc) is 2.84. The van der Waals surface area contributed by atoms with Gasteiger partial charge in [0.05, 0.1) is 5.75 Å². The molecule has 0 atom stereocenters. The molecule has 3 aromatic rings. The summed E-state index contributed by atoms with van der Waals surface area (Å²) in [7, 11) is -1.31. The molecule has 0 fully saturated rings. The number of para-hydroxylation sites is 1. The molecule has 5 heteroatoms. The molecule has 1 aromatic heterocycles. The number of aryl methyl sites for hydroxylation is 2. The Kier molecular flexibility index (Phi) is 4.73. The number of aromatic nitrogens is 1. The lowest BCUT2D eigenvalue weighted by molar-refractivity contribution is 0.580. The van der Waals surface area contributed by atoms with Gasteiger partial charge in [-0.1, -0.05) is 48.5 Å². The second-order valence-electron chi connectivity index (χ2n) is 6.02. The molecule has 0 saturated heterocycles. The van der Waals surface area contributed by atoms with Crippen molar-refractivity contribution in [2.45, 2.75) is 19.9 Å². The summed E-state index contributed by atoms with van der Waals surface area (Å²) in [6.45, 7) is 2.35. The van der Waals surface area contributed by atoms with E-state index in [1.807, 2.05) is 62.5 Å². The van der Waals surface area contributed by atoms with Crippen LogP contribution >= 0.6 is 0 Å². The molecule has 4 nitrogen and oxygen atoms in total. The topological polar surface area (TPSA) is 51.1 Å². The third-order valence-corrected chi connectivity index (χ3v) is 5.83. The van der Waals surface area contributed by atoms with Crippen molar-refractivity contribution < 1.29 is 8.42 Å². The lowest BCUT2D eigenvalue weighted by Gasteiger charge is -2.08. The minimum Gasteiger partial charge on any atom is -0.348 e. The Balaban J connectivity index is 1.72. The fraction of sp³-hybridized carbons (Fsp3) is 0.263. The molecular weight excluding hydrogens is 320 g/mol. The summed E-state index contributed by atoms with van der Waals surface area (Å²) in [6, 6.07) is 17.7. The molecule has 1 heterocycles. The van der Waals surface area contributed by atoms with Crippen molar-refractivity contribution in [3.8, 4) is 0 Å². The van der Waals surface area contributed by atoms with E-state index in [0.29, 0.717) is 13.0 Å². The van der Waals surface area contributed by atoms with E-state index >= 15 is 0 Å². The number of nitrogens with zero attached hydrogens (tertiary/aromatic N) is 1. The van der Waals surface area contributed by atoms with Gasteiger partial charge in [-0.25, -0.2) is 13.1 Å². The predicted molar refractivity (Wildman–Crippen MR) is 98.4 cm³/mol. The highest BCUT2D eigenvalue weighted by atomic mass is 32.2. The van der Waals surface area contributed by atoms with Gasteiger partial charge in [-0.3, -0.25) is 0 Å². The van der Waals surface area contributed by atoms with Gasteiger partial charge >= 0.3 is 0 Å². The van der Waals surface area contributed by atoms with Crippen molar-refractivity contribution in [2.75, 3.05) is 5.75 Å². The van der Waals surface area contributed by atoms with Crippen molar-refractivity contribution in [1.82, 2.24) is 9.29 Å². The predicted octanol–water partition coefficient (Wildman–Crippen LogP) is 3.15. The van der Waals surface area contributed by atoms with E-state index in [1.54, 1.807) is 0 Å². The maximum Gasteiger partial charge on any atom is 0.212 e.